The van der Waals surface area contributed by atoms with E-state index >= 15 is 0 Å². The molecule has 4 atom stereocenters. The molecule has 0 aliphatic heterocycles. The van der Waals surface area contributed by atoms with Crippen LogP contribution in [0, 0.1) is 5.92 Å². The van der Waals surface area contributed by atoms with Crippen LogP contribution in [-0.2, 0) is 0 Å². The summed E-state index contributed by atoms with van der Waals surface area (Å²) in [5.41, 5.74) is 0. The fourth-order valence-electron chi connectivity index (χ4n) is 1.17. The van der Waals surface area contributed by atoms with Crippen molar-refractivity contribution in [3.8, 4) is 0 Å². The Balaban J connectivity index is 4.09. The lowest BCUT2D eigenvalue weighted by atomic mass is 9.97. The van der Waals surface area contributed by atoms with Gasteiger partial charge in [-0.05, 0) is 12.3 Å². The first-order valence-electron chi connectivity index (χ1n) is 4.69. The van der Waals surface area contributed by atoms with E-state index in [4.69, 9.17) is 10.2 Å². The second-order valence-corrected chi connectivity index (χ2v) is 3.88. The van der Waals surface area contributed by atoms with Crippen molar-refractivity contribution in [1.82, 2.24) is 0 Å². The molecule has 86 valence electrons. The van der Waals surface area contributed by atoms with Crippen LogP contribution < -0.4 is 0 Å². The zero-order chi connectivity index (χ0) is 11.3. The third kappa shape index (κ3) is 4.32. The minimum Gasteiger partial charge on any atom is -0.393 e. The second kappa shape index (κ2) is 6.29. The molecule has 0 rings (SSSR count). The van der Waals surface area contributed by atoms with Gasteiger partial charge >= 0.3 is 0 Å². The zero-order valence-electron chi connectivity index (χ0n) is 8.47. The topological polar surface area (TPSA) is 80.9 Å². The Morgan fingerprint density at radius 1 is 1.07 bits per heavy atom. The second-order valence-electron chi connectivity index (χ2n) is 3.88. The van der Waals surface area contributed by atoms with E-state index in [9.17, 15) is 14.6 Å². The van der Waals surface area contributed by atoms with E-state index in [0.29, 0.717) is 0 Å². The summed E-state index contributed by atoms with van der Waals surface area (Å²) in [7, 11) is 0. The molecular formula is C9H19FO4. The SMILES string of the molecule is CC(C)C[C@@H](O)[C@@H](O)[C@H](O)[C@@H](F)CO. The van der Waals surface area contributed by atoms with Crippen LogP contribution in [0.5, 0.6) is 0 Å². The van der Waals surface area contributed by atoms with E-state index in [1.165, 1.54) is 0 Å². The van der Waals surface area contributed by atoms with E-state index in [1.807, 2.05) is 13.8 Å². The lowest BCUT2D eigenvalue weighted by molar-refractivity contribution is -0.0985. The highest BCUT2D eigenvalue weighted by molar-refractivity contribution is 4.81. The van der Waals surface area contributed by atoms with Crippen molar-refractivity contribution in [2.24, 2.45) is 5.92 Å². The summed E-state index contributed by atoms with van der Waals surface area (Å²) in [5, 5.41) is 36.1. The molecule has 0 fully saturated rings. The van der Waals surface area contributed by atoms with Crippen molar-refractivity contribution in [2.45, 2.75) is 44.8 Å². The molecular weight excluding hydrogens is 191 g/mol. The monoisotopic (exact) mass is 210 g/mol. The molecule has 0 radical (unpaired) electrons. The van der Waals surface area contributed by atoms with Gasteiger partial charge in [-0.1, -0.05) is 13.8 Å². The molecule has 0 unspecified atom stereocenters. The molecule has 0 aliphatic carbocycles. The van der Waals surface area contributed by atoms with Crippen molar-refractivity contribution in [1.29, 1.82) is 0 Å². The minimum atomic E-state index is -1.92. The van der Waals surface area contributed by atoms with Crippen molar-refractivity contribution in [3.05, 3.63) is 0 Å². The summed E-state index contributed by atoms with van der Waals surface area (Å²) in [6.45, 7) is 2.80. The lowest BCUT2D eigenvalue weighted by Gasteiger charge is -2.25. The smallest absolute Gasteiger partial charge is 0.151 e. The predicted octanol–water partition coefficient (Wildman–Crippen LogP) is -0.554. The molecule has 0 spiro atoms. The molecule has 14 heavy (non-hydrogen) atoms. The number of rotatable bonds is 6. The van der Waals surface area contributed by atoms with Gasteiger partial charge in [0.2, 0.25) is 0 Å². The van der Waals surface area contributed by atoms with Crippen LogP contribution in [0.1, 0.15) is 20.3 Å². The van der Waals surface area contributed by atoms with E-state index in [2.05, 4.69) is 0 Å². The van der Waals surface area contributed by atoms with Crippen LogP contribution in [0.3, 0.4) is 0 Å². The van der Waals surface area contributed by atoms with Crippen molar-refractivity contribution in [3.63, 3.8) is 0 Å². The summed E-state index contributed by atoms with van der Waals surface area (Å²) >= 11 is 0. The fourth-order valence-corrected chi connectivity index (χ4v) is 1.17. The molecule has 0 saturated heterocycles. The van der Waals surface area contributed by atoms with Gasteiger partial charge in [0.05, 0.1) is 12.7 Å². The summed E-state index contributed by atoms with van der Waals surface area (Å²) < 4.78 is 12.7. The third-order valence-electron chi connectivity index (χ3n) is 2.00. The third-order valence-corrected chi connectivity index (χ3v) is 2.00. The largest absolute Gasteiger partial charge is 0.393 e. The molecule has 0 saturated carbocycles. The highest BCUT2D eigenvalue weighted by Gasteiger charge is 2.31. The fraction of sp³-hybridized carbons (Fsp3) is 1.00. The van der Waals surface area contributed by atoms with Gasteiger partial charge < -0.3 is 20.4 Å². The lowest BCUT2D eigenvalue weighted by Crippen LogP contribution is -2.44. The van der Waals surface area contributed by atoms with Crippen molar-refractivity contribution < 1.29 is 24.8 Å². The molecule has 0 aromatic rings. The van der Waals surface area contributed by atoms with Crippen LogP contribution in [-0.4, -0.2) is 51.5 Å². The first-order chi connectivity index (χ1) is 6.40. The van der Waals surface area contributed by atoms with Crippen LogP contribution >= 0.6 is 0 Å². The van der Waals surface area contributed by atoms with Crippen molar-refractivity contribution in [2.75, 3.05) is 6.61 Å². The Hall–Kier alpha value is -0.230. The summed E-state index contributed by atoms with van der Waals surface area (Å²) in [4.78, 5) is 0. The van der Waals surface area contributed by atoms with Gasteiger partial charge in [0.25, 0.3) is 0 Å². The van der Waals surface area contributed by atoms with Gasteiger partial charge in [0, 0.05) is 0 Å². The quantitative estimate of drug-likeness (QED) is 0.474. The maximum Gasteiger partial charge on any atom is 0.151 e. The Morgan fingerprint density at radius 3 is 1.93 bits per heavy atom. The molecule has 0 aromatic heterocycles. The maximum atomic E-state index is 12.7. The average Bonchev–Trinajstić information content (AvgIpc) is 2.13. The molecule has 4 nitrogen and oxygen atoms in total. The minimum absolute atomic E-state index is 0.138. The molecule has 0 aromatic carbocycles. The average molecular weight is 210 g/mol. The molecule has 0 heterocycles. The Bertz CT molecular complexity index is 154. The maximum absolute atomic E-state index is 12.7. The highest BCUT2D eigenvalue weighted by Crippen LogP contribution is 2.13. The molecule has 0 amide bonds. The molecule has 4 N–H and O–H groups in total. The van der Waals surface area contributed by atoms with Gasteiger partial charge in [-0.25, -0.2) is 4.39 Å². The first kappa shape index (κ1) is 13.8. The number of aliphatic hydroxyl groups is 4. The van der Waals surface area contributed by atoms with E-state index in [1.54, 1.807) is 0 Å². The predicted molar refractivity (Wildman–Crippen MR) is 49.5 cm³/mol. The zero-order valence-corrected chi connectivity index (χ0v) is 8.47. The van der Waals surface area contributed by atoms with Gasteiger partial charge in [0.1, 0.15) is 12.2 Å². The van der Waals surface area contributed by atoms with Gasteiger partial charge in [-0.2, -0.15) is 0 Å². The Labute approximate surface area is 83.0 Å². The van der Waals surface area contributed by atoms with Gasteiger partial charge in [0.15, 0.2) is 6.17 Å². The Morgan fingerprint density at radius 2 is 1.57 bits per heavy atom. The summed E-state index contributed by atoms with van der Waals surface area (Å²) in [6.07, 6.45) is -6.12. The van der Waals surface area contributed by atoms with E-state index in [-0.39, 0.29) is 12.3 Å². The summed E-state index contributed by atoms with van der Waals surface area (Å²) in [5.74, 6) is 0.138. The highest BCUT2D eigenvalue weighted by atomic mass is 19.1. The van der Waals surface area contributed by atoms with Gasteiger partial charge in [-0.15, -0.1) is 0 Å². The molecule has 5 heteroatoms. The van der Waals surface area contributed by atoms with Crippen LogP contribution in [0.15, 0.2) is 0 Å². The van der Waals surface area contributed by atoms with Gasteiger partial charge in [-0.3, -0.25) is 0 Å². The number of alkyl halides is 1. The normalized spacial score (nSPS) is 20.6. The molecule has 0 bridgehead atoms. The van der Waals surface area contributed by atoms with Crippen molar-refractivity contribution >= 4 is 0 Å². The standard InChI is InChI=1S/C9H19FO4/c1-5(2)3-7(12)9(14)8(13)6(10)4-11/h5-9,11-14H,3-4H2,1-2H3/t6-,7+,8+,9+/m0/s1. The number of halogens is 1. The summed E-state index contributed by atoms with van der Waals surface area (Å²) in [6, 6.07) is 0. The Kier molecular flexibility index (Phi) is 6.19. The van der Waals surface area contributed by atoms with Crippen LogP contribution in [0.2, 0.25) is 0 Å². The molecule has 0 aliphatic rings. The number of hydrogen-bond acceptors (Lipinski definition) is 4. The van der Waals surface area contributed by atoms with Crippen LogP contribution in [0.25, 0.3) is 0 Å². The van der Waals surface area contributed by atoms with E-state index in [0.717, 1.165) is 0 Å². The van der Waals surface area contributed by atoms with Crippen LogP contribution in [0.4, 0.5) is 4.39 Å². The number of hydrogen-bond donors (Lipinski definition) is 4. The van der Waals surface area contributed by atoms with E-state index < -0.39 is 31.1 Å². The first-order valence-corrected chi connectivity index (χ1v) is 4.69. The number of aliphatic hydroxyl groups excluding tert-OH is 4.